The van der Waals surface area contributed by atoms with Gasteiger partial charge < -0.3 is 19.9 Å². The van der Waals surface area contributed by atoms with Gasteiger partial charge in [0.25, 0.3) is 0 Å². The number of hydrogen-bond acceptors (Lipinski definition) is 4. The number of carbonyl (C=O) groups is 2. The molecule has 0 fully saturated rings. The van der Waals surface area contributed by atoms with Crippen LogP contribution in [0.4, 0.5) is 11.4 Å². The number of carboxylic acid groups (broad SMARTS) is 2. The molecule has 0 unspecified atom stereocenters. The van der Waals surface area contributed by atoms with Gasteiger partial charge in [0.1, 0.15) is 6.54 Å². The summed E-state index contributed by atoms with van der Waals surface area (Å²) >= 11 is 0. The van der Waals surface area contributed by atoms with Crippen LogP contribution in [0.3, 0.4) is 0 Å². The molecule has 0 heterocycles. The largest absolute Gasteiger partial charge is 0.548 e. The fraction of sp³-hybridized carbons (Fsp3) is 0.182. The third-order valence-electron chi connectivity index (χ3n) is 1.99. The van der Waals surface area contributed by atoms with Crippen LogP contribution >= 0.6 is 0 Å². The second-order valence-electron chi connectivity index (χ2n) is 3.25. The SMILES string of the molecule is [C-]#[N+]c1ccc(N(CC(=O)[O-])CC(=O)O)cc1. The number of carboxylic acids is 2. The van der Waals surface area contributed by atoms with Gasteiger partial charge in [-0.1, -0.05) is 12.1 Å². The summed E-state index contributed by atoms with van der Waals surface area (Å²) in [7, 11) is 0. The fourth-order valence-electron chi connectivity index (χ4n) is 1.30. The highest BCUT2D eigenvalue weighted by Gasteiger charge is 2.10. The molecule has 0 saturated heterocycles. The number of hydrogen-bond donors (Lipinski definition) is 1. The summed E-state index contributed by atoms with van der Waals surface area (Å²) in [5.41, 5.74) is 0.821. The molecule has 17 heavy (non-hydrogen) atoms. The molecule has 0 aromatic heterocycles. The van der Waals surface area contributed by atoms with Gasteiger partial charge in [0.2, 0.25) is 0 Å². The molecule has 1 aromatic rings. The van der Waals surface area contributed by atoms with Crippen molar-refractivity contribution in [3.05, 3.63) is 35.7 Å². The highest BCUT2D eigenvalue weighted by atomic mass is 16.4. The number of rotatable bonds is 5. The molecule has 0 spiro atoms. The average Bonchev–Trinajstić information content (AvgIpc) is 2.27. The van der Waals surface area contributed by atoms with Crippen LogP contribution in [0.2, 0.25) is 0 Å². The van der Waals surface area contributed by atoms with Crippen molar-refractivity contribution in [2.75, 3.05) is 18.0 Å². The zero-order chi connectivity index (χ0) is 12.8. The van der Waals surface area contributed by atoms with E-state index in [0.717, 1.165) is 4.90 Å². The van der Waals surface area contributed by atoms with Crippen LogP contribution in [0.15, 0.2) is 24.3 Å². The lowest BCUT2D eigenvalue weighted by Gasteiger charge is -2.23. The van der Waals surface area contributed by atoms with Crippen LogP contribution in [0.25, 0.3) is 4.85 Å². The highest BCUT2D eigenvalue weighted by molar-refractivity contribution is 5.78. The number of anilines is 1. The average molecular weight is 233 g/mol. The lowest BCUT2D eigenvalue weighted by Crippen LogP contribution is -2.40. The summed E-state index contributed by atoms with van der Waals surface area (Å²) in [6, 6.07) is 5.98. The van der Waals surface area contributed by atoms with Crippen molar-refractivity contribution < 1.29 is 19.8 Å². The molecular formula is C11H9N2O4-. The molecule has 6 nitrogen and oxygen atoms in total. The number of carbonyl (C=O) groups excluding carboxylic acids is 1. The molecule has 88 valence electrons. The Labute approximate surface area is 97.5 Å². The molecule has 1 N–H and O–H groups in total. The van der Waals surface area contributed by atoms with E-state index in [1.165, 1.54) is 24.3 Å². The number of aliphatic carboxylic acids is 2. The predicted octanol–water partition coefficient (Wildman–Crippen LogP) is -0.122. The summed E-state index contributed by atoms with van der Waals surface area (Å²) < 4.78 is 0. The topological polar surface area (TPSA) is 85.0 Å². The second-order valence-corrected chi connectivity index (χ2v) is 3.25. The summed E-state index contributed by atoms with van der Waals surface area (Å²) in [5.74, 6) is -2.50. The molecule has 6 heteroatoms. The van der Waals surface area contributed by atoms with Gasteiger partial charge in [0.05, 0.1) is 19.1 Å². The predicted molar refractivity (Wildman–Crippen MR) is 57.6 cm³/mol. The van der Waals surface area contributed by atoms with Crippen LogP contribution < -0.4 is 10.0 Å². The Balaban J connectivity index is 2.91. The fourth-order valence-corrected chi connectivity index (χ4v) is 1.30. The van der Waals surface area contributed by atoms with Crippen LogP contribution in [0, 0.1) is 6.57 Å². The Bertz CT molecular complexity index is 445. The van der Waals surface area contributed by atoms with Crippen molar-refractivity contribution in [1.82, 2.24) is 0 Å². The summed E-state index contributed by atoms with van der Waals surface area (Å²) in [4.78, 5) is 25.4. The highest BCUT2D eigenvalue weighted by Crippen LogP contribution is 2.19. The Kier molecular flexibility index (Phi) is 4.06. The van der Waals surface area contributed by atoms with E-state index in [2.05, 4.69) is 4.85 Å². The quantitative estimate of drug-likeness (QED) is 0.716. The Morgan fingerprint density at radius 2 is 1.88 bits per heavy atom. The molecule has 0 atom stereocenters. The van der Waals surface area contributed by atoms with E-state index in [0.29, 0.717) is 11.4 Å². The van der Waals surface area contributed by atoms with Crippen molar-refractivity contribution in [2.45, 2.75) is 0 Å². The molecule has 1 rings (SSSR count). The van der Waals surface area contributed by atoms with Gasteiger partial charge in [0.15, 0.2) is 5.69 Å². The zero-order valence-corrected chi connectivity index (χ0v) is 8.79. The maximum absolute atomic E-state index is 10.6. The zero-order valence-electron chi connectivity index (χ0n) is 8.79. The van der Waals surface area contributed by atoms with Gasteiger partial charge in [-0.15, -0.1) is 0 Å². The van der Waals surface area contributed by atoms with Gasteiger partial charge in [-0.05, 0) is 12.1 Å². The minimum atomic E-state index is -1.36. The first-order valence-corrected chi connectivity index (χ1v) is 4.67. The Morgan fingerprint density at radius 3 is 2.29 bits per heavy atom. The van der Waals surface area contributed by atoms with E-state index in [1.54, 1.807) is 0 Å². The maximum atomic E-state index is 10.6. The smallest absolute Gasteiger partial charge is 0.323 e. The van der Waals surface area contributed by atoms with Gasteiger partial charge in [-0.2, -0.15) is 0 Å². The first-order valence-electron chi connectivity index (χ1n) is 4.67. The molecule has 0 saturated carbocycles. The van der Waals surface area contributed by atoms with Crippen LogP contribution in [-0.2, 0) is 9.59 Å². The van der Waals surface area contributed by atoms with Crippen molar-refractivity contribution >= 4 is 23.3 Å². The van der Waals surface area contributed by atoms with E-state index < -0.39 is 25.0 Å². The lowest BCUT2D eigenvalue weighted by molar-refractivity contribution is -0.303. The van der Waals surface area contributed by atoms with Crippen molar-refractivity contribution in [1.29, 1.82) is 0 Å². The van der Waals surface area contributed by atoms with E-state index in [-0.39, 0.29) is 0 Å². The summed E-state index contributed by atoms with van der Waals surface area (Å²) in [6.07, 6.45) is 0. The van der Waals surface area contributed by atoms with E-state index in [4.69, 9.17) is 11.7 Å². The van der Waals surface area contributed by atoms with Crippen LogP contribution in [0.1, 0.15) is 0 Å². The molecule has 0 bridgehead atoms. The molecule has 0 amide bonds. The lowest BCUT2D eigenvalue weighted by atomic mass is 10.2. The number of nitrogens with zero attached hydrogens (tertiary/aromatic N) is 2. The molecule has 0 radical (unpaired) electrons. The standard InChI is InChI=1S/C11H10N2O4/c1-12-8-2-4-9(5-3-8)13(6-10(14)15)7-11(16)17/h2-5H,6-7H2,(H,14,15)(H,16,17)/p-1. The van der Waals surface area contributed by atoms with Crippen LogP contribution in [-0.4, -0.2) is 30.1 Å². The molecule has 0 aliphatic heterocycles. The molecular weight excluding hydrogens is 224 g/mol. The summed E-state index contributed by atoms with van der Waals surface area (Å²) in [6.45, 7) is 5.81. The third kappa shape index (κ3) is 3.83. The monoisotopic (exact) mass is 233 g/mol. The maximum Gasteiger partial charge on any atom is 0.323 e. The van der Waals surface area contributed by atoms with Crippen molar-refractivity contribution in [3.8, 4) is 0 Å². The minimum Gasteiger partial charge on any atom is -0.548 e. The van der Waals surface area contributed by atoms with E-state index >= 15 is 0 Å². The minimum absolute atomic E-state index is 0.400. The second kappa shape index (κ2) is 5.51. The first-order chi connectivity index (χ1) is 8.02. The third-order valence-corrected chi connectivity index (χ3v) is 1.99. The van der Waals surface area contributed by atoms with Gasteiger partial charge in [0, 0.05) is 5.69 Å². The van der Waals surface area contributed by atoms with E-state index in [9.17, 15) is 14.7 Å². The van der Waals surface area contributed by atoms with Crippen molar-refractivity contribution in [2.24, 2.45) is 0 Å². The van der Waals surface area contributed by atoms with Crippen molar-refractivity contribution in [3.63, 3.8) is 0 Å². The molecule has 0 aliphatic carbocycles. The molecule has 1 aromatic carbocycles. The Morgan fingerprint density at radius 1 is 1.29 bits per heavy atom. The normalized spacial score (nSPS) is 9.35. The van der Waals surface area contributed by atoms with Gasteiger partial charge in [-0.3, -0.25) is 4.79 Å². The van der Waals surface area contributed by atoms with Gasteiger partial charge >= 0.3 is 5.97 Å². The summed E-state index contributed by atoms with van der Waals surface area (Å²) in [5, 5.41) is 19.1. The van der Waals surface area contributed by atoms with E-state index in [1.807, 2.05) is 0 Å². The molecule has 0 aliphatic rings. The first kappa shape index (κ1) is 12.5. The van der Waals surface area contributed by atoms with Gasteiger partial charge in [-0.25, -0.2) is 4.85 Å². The van der Waals surface area contributed by atoms with Crippen LogP contribution in [0.5, 0.6) is 0 Å². The number of benzene rings is 1. The Hall–Kier alpha value is -2.55.